The van der Waals surface area contributed by atoms with Crippen molar-refractivity contribution in [2.75, 3.05) is 7.11 Å². The van der Waals surface area contributed by atoms with E-state index in [0.29, 0.717) is 0 Å². The van der Waals surface area contributed by atoms with Crippen LogP contribution in [0.15, 0.2) is 0 Å². The summed E-state index contributed by atoms with van der Waals surface area (Å²) in [7, 11) is 1.21. The van der Waals surface area contributed by atoms with E-state index in [1.807, 2.05) is 0 Å². The molecule has 110 valence electrons. The Morgan fingerprint density at radius 1 is 1.32 bits per heavy atom. The highest BCUT2D eigenvalue weighted by Gasteiger charge is 2.38. The van der Waals surface area contributed by atoms with Gasteiger partial charge < -0.3 is 19.9 Å². The smallest absolute Gasteiger partial charge is 0.407 e. The summed E-state index contributed by atoms with van der Waals surface area (Å²) >= 11 is 0. The monoisotopic (exact) mass is 273 g/mol. The molecule has 1 fully saturated rings. The lowest BCUT2D eigenvalue weighted by Gasteiger charge is -2.36. The Kier molecular flexibility index (Phi) is 5.17. The van der Waals surface area contributed by atoms with Crippen molar-refractivity contribution in [3.8, 4) is 0 Å². The minimum Gasteiger partial charge on any atom is -0.467 e. The SMILES string of the molecule is COC(=O)C(O)C(NC(=O)OC(C)(C)C)C1CCC1. The lowest BCUT2D eigenvalue weighted by atomic mass is 9.77. The van der Waals surface area contributed by atoms with E-state index in [9.17, 15) is 14.7 Å². The van der Waals surface area contributed by atoms with Crippen LogP contribution in [0.1, 0.15) is 40.0 Å². The maximum Gasteiger partial charge on any atom is 0.407 e. The first-order valence-electron chi connectivity index (χ1n) is 6.50. The van der Waals surface area contributed by atoms with Gasteiger partial charge in [0.15, 0.2) is 6.10 Å². The number of hydrogen-bond donors (Lipinski definition) is 2. The van der Waals surface area contributed by atoms with Crippen molar-refractivity contribution >= 4 is 12.1 Å². The van der Waals surface area contributed by atoms with E-state index in [2.05, 4.69) is 10.1 Å². The zero-order chi connectivity index (χ0) is 14.6. The summed E-state index contributed by atoms with van der Waals surface area (Å²) < 4.78 is 9.65. The standard InChI is InChI=1S/C13H23NO5/c1-13(2,3)19-12(17)14-9(8-6-5-7-8)10(15)11(16)18-4/h8-10,15H,5-7H2,1-4H3,(H,14,17). The first-order chi connectivity index (χ1) is 8.74. The second kappa shape index (κ2) is 6.23. The van der Waals surface area contributed by atoms with Crippen LogP contribution < -0.4 is 5.32 Å². The van der Waals surface area contributed by atoms with Crippen LogP contribution in [-0.4, -0.2) is 42.0 Å². The highest BCUT2D eigenvalue weighted by atomic mass is 16.6. The predicted octanol–water partition coefficient (Wildman–Crippen LogP) is 1.21. The van der Waals surface area contributed by atoms with Gasteiger partial charge in [-0.2, -0.15) is 0 Å². The summed E-state index contributed by atoms with van der Waals surface area (Å²) in [4.78, 5) is 23.1. The van der Waals surface area contributed by atoms with Crippen LogP contribution in [0.25, 0.3) is 0 Å². The summed E-state index contributed by atoms with van der Waals surface area (Å²) in [6.07, 6.45) is 0.781. The molecule has 0 aromatic rings. The number of carbonyl (C=O) groups is 2. The molecule has 0 spiro atoms. The van der Waals surface area contributed by atoms with Gasteiger partial charge in [-0.15, -0.1) is 0 Å². The Labute approximate surface area is 113 Å². The van der Waals surface area contributed by atoms with Gasteiger partial charge in [0.05, 0.1) is 13.2 Å². The van der Waals surface area contributed by atoms with Crippen molar-refractivity contribution in [2.24, 2.45) is 5.92 Å². The molecule has 0 saturated heterocycles. The molecule has 1 rings (SSSR count). The fourth-order valence-electron chi connectivity index (χ4n) is 1.96. The van der Waals surface area contributed by atoms with Gasteiger partial charge in [0, 0.05) is 0 Å². The molecule has 2 unspecified atom stereocenters. The molecule has 2 N–H and O–H groups in total. The van der Waals surface area contributed by atoms with Gasteiger partial charge in [-0.05, 0) is 39.5 Å². The number of methoxy groups -OCH3 is 1. The number of aliphatic hydroxyl groups excluding tert-OH is 1. The molecule has 6 nitrogen and oxygen atoms in total. The second-order valence-electron chi connectivity index (χ2n) is 5.83. The lowest BCUT2D eigenvalue weighted by molar-refractivity contribution is -0.153. The van der Waals surface area contributed by atoms with Gasteiger partial charge in [0.2, 0.25) is 0 Å². The van der Waals surface area contributed by atoms with Crippen molar-refractivity contribution in [3.05, 3.63) is 0 Å². The van der Waals surface area contributed by atoms with Crippen molar-refractivity contribution in [3.63, 3.8) is 0 Å². The largest absolute Gasteiger partial charge is 0.467 e. The van der Waals surface area contributed by atoms with E-state index in [-0.39, 0.29) is 5.92 Å². The number of ether oxygens (including phenoxy) is 2. The zero-order valence-corrected chi connectivity index (χ0v) is 11.9. The molecule has 6 heteroatoms. The molecule has 0 aromatic carbocycles. The molecule has 1 saturated carbocycles. The number of rotatable bonds is 4. The second-order valence-corrected chi connectivity index (χ2v) is 5.83. The first-order valence-corrected chi connectivity index (χ1v) is 6.50. The topological polar surface area (TPSA) is 84.9 Å². The van der Waals surface area contributed by atoms with Crippen LogP contribution in [0, 0.1) is 5.92 Å². The summed E-state index contributed by atoms with van der Waals surface area (Å²) in [6.45, 7) is 5.25. The fourth-order valence-corrected chi connectivity index (χ4v) is 1.96. The van der Waals surface area contributed by atoms with Gasteiger partial charge in [-0.25, -0.2) is 9.59 Å². The van der Waals surface area contributed by atoms with Gasteiger partial charge in [-0.1, -0.05) is 6.42 Å². The number of nitrogens with one attached hydrogen (secondary N) is 1. The van der Waals surface area contributed by atoms with Gasteiger partial charge in [0.25, 0.3) is 0 Å². The van der Waals surface area contributed by atoms with Gasteiger partial charge in [-0.3, -0.25) is 0 Å². The van der Waals surface area contributed by atoms with Crippen LogP contribution in [-0.2, 0) is 14.3 Å². The summed E-state index contributed by atoms with van der Waals surface area (Å²) in [5.41, 5.74) is -0.621. The molecule has 0 radical (unpaired) electrons. The van der Waals surface area contributed by atoms with E-state index in [0.717, 1.165) is 19.3 Å². The van der Waals surface area contributed by atoms with Crippen molar-refractivity contribution in [1.29, 1.82) is 0 Å². The van der Waals surface area contributed by atoms with Crippen LogP contribution in [0.3, 0.4) is 0 Å². The van der Waals surface area contributed by atoms with E-state index >= 15 is 0 Å². The number of amides is 1. The molecule has 1 amide bonds. The third kappa shape index (κ3) is 4.70. The molecule has 2 atom stereocenters. The zero-order valence-electron chi connectivity index (χ0n) is 11.9. The molecule has 0 aromatic heterocycles. The molecular formula is C13H23NO5. The van der Waals surface area contributed by atoms with Crippen molar-refractivity contribution < 1.29 is 24.2 Å². The molecule has 1 aliphatic carbocycles. The molecular weight excluding hydrogens is 250 g/mol. The van der Waals surface area contributed by atoms with E-state index in [1.54, 1.807) is 20.8 Å². The number of carbonyl (C=O) groups excluding carboxylic acids is 2. The van der Waals surface area contributed by atoms with E-state index < -0.39 is 29.8 Å². The third-order valence-electron chi connectivity index (χ3n) is 3.12. The van der Waals surface area contributed by atoms with Crippen LogP contribution in [0.5, 0.6) is 0 Å². The minimum atomic E-state index is -1.36. The normalized spacial score (nSPS) is 19.0. The Hall–Kier alpha value is -1.30. The van der Waals surface area contributed by atoms with E-state index in [1.165, 1.54) is 7.11 Å². The summed E-state index contributed by atoms with van der Waals surface area (Å²) in [5.74, 6) is -0.658. The van der Waals surface area contributed by atoms with Crippen LogP contribution in [0.2, 0.25) is 0 Å². The summed E-state index contributed by atoms with van der Waals surface area (Å²) in [6, 6.07) is -0.656. The first kappa shape index (κ1) is 15.8. The Morgan fingerprint density at radius 3 is 2.26 bits per heavy atom. The fraction of sp³-hybridized carbons (Fsp3) is 0.846. The Bertz CT molecular complexity index is 332. The Morgan fingerprint density at radius 2 is 1.89 bits per heavy atom. The average Bonchev–Trinajstić information content (AvgIpc) is 2.21. The van der Waals surface area contributed by atoms with Crippen molar-refractivity contribution in [2.45, 2.75) is 57.8 Å². The molecule has 1 aliphatic rings. The Balaban J connectivity index is 2.64. The average molecular weight is 273 g/mol. The molecule has 0 aliphatic heterocycles. The van der Waals surface area contributed by atoms with Crippen LogP contribution >= 0.6 is 0 Å². The maximum atomic E-state index is 11.7. The molecule has 19 heavy (non-hydrogen) atoms. The number of alkyl carbamates (subject to hydrolysis) is 1. The molecule has 0 bridgehead atoms. The highest BCUT2D eigenvalue weighted by molar-refractivity contribution is 5.77. The number of esters is 1. The van der Waals surface area contributed by atoms with Gasteiger partial charge >= 0.3 is 12.1 Å². The minimum absolute atomic E-state index is 0.0848. The lowest BCUT2D eigenvalue weighted by Crippen LogP contribution is -2.54. The predicted molar refractivity (Wildman–Crippen MR) is 68.5 cm³/mol. The van der Waals surface area contributed by atoms with Crippen LogP contribution in [0.4, 0.5) is 4.79 Å². The van der Waals surface area contributed by atoms with Gasteiger partial charge in [0.1, 0.15) is 5.60 Å². The number of aliphatic hydroxyl groups is 1. The van der Waals surface area contributed by atoms with E-state index in [4.69, 9.17) is 4.74 Å². The quantitative estimate of drug-likeness (QED) is 0.752. The number of hydrogen-bond acceptors (Lipinski definition) is 5. The summed E-state index contributed by atoms with van der Waals surface area (Å²) in [5, 5.41) is 12.5. The maximum absolute atomic E-state index is 11.7. The molecule has 0 heterocycles. The van der Waals surface area contributed by atoms with Crippen molar-refractivity contribution in [1.82, 2.24) is 5.32 Å². The third-order valence-corrected chi connectivity index (χ3v) is 3.12. The highest BCUT2D eigenvalue weighted by Crippen LogP contribution is 2.31.